The zero-order chi connectivity index (χ0) is 16.9. The number of carbonyl (C=O) groups is 2. The van der Waals surface area contributed by atoms with Crippen LogP contribution in [-0.2, 0) is 4.79 Å². The van der Waals surface area contributed by atoms with E-state index in [0.29, 0.717) is 12.6 Å². The summed E-state index contributed by atoms with van der Waals surface area (Å²) in [6, 6.07) is 6.54. The van der Waals surface area contributed by atoms with Crippen molar-refractivity contribution in [1.82, 2.24) is 21.5 Å². The zero-order valence-corrected chi connectivity index (χ0v) is 13.5. The van der Waals surface area contributed by atoms with E-state index in [2.05, 4.69) is 21.5 Å². The summed E-state index contributed by atoms with van der Waals surface area (Å²) in [6.07, 6.45) is 3.78. The Kier molecular flexibility index (Phi) is 5.42. The zero-order valence-electron chi connectivity index (χ0n) is 13.5. The van der Waals surface area contributed by atoms with Crippen molar-refractivity contribution in [2.45, 2.75) is 37.8 Å². The second-order valence-electron chi connectivity index (χ2n) is 6.46. The Labute approximate surface area is 140 Å². The van der Waals surface area contributed by atoms with Crippen LogP contribution in [0.3, 0.4) is 0 Å². The molecule has 1 heterocycles. The minimum atomic E-state index is -0.565. The first kappa shape index (κ1) is 16.9. The Hall–Kier alpha value is -1.99. The fourth-order valence-corrected chi connectivity index (χ4v) is 2.95. The first-order valence-electron chi connectivity index (χ1n) is 8.44. The Morgan fingerprint density at radius 1 is 1.17 bits per heavy atom. The summed E-state index contributed by atoms with van der Waals surface area (Å²) in [4.78, 5) is 23.6. The van der Waals surface area contributed by atoms with Gasteiger partial charge in [-0.3, -0.25) is 20.4 Å². The van der Waals surface area contributed by atoms with Gasteiger partial charge >= 0.3 is 0 Å². The highest BCUT2D eigenvalue weighted by Crippen LogP contribution is 2.35. The molecule has 4 N–H and O–H groups in total. The lowest BCUT2D eigenvalue weighted by molar-refractivity contribution is -0.121. The van der Waals surface area contributed by atoms with Gasteiger partial charge in [-0.1, -0.05) is 12.1 Å². The van der Waals surface area contributed by atoms with Crippen molar-refractivity contribution in [3.63, 3.8) is 0 Å². The van der Waals surface area contributed by atoms with Gasteiger partial charge in [-0.2, -0.15) is 0 Å². The van der Waals surface area contributed by atoms with E-state index < -0.39 is 11.7 Å². The molecule has 1 aliphatic heterocycles. The number of hydrogen-bond acceptors (Lipinski definition) is 4. The minimum Gasteiger partial charge on any atom is -0.354 e. The van der Waals surface area contributed by atoms with Crippen molar-refractivity contribution in [1.29, 1.82) is 0 Å². The molecule has 0 aromatic heterocycles. The molecule has 3 rings (SSSR count). The second kappa shape index (κ2) is 7.72. The highest BCUT2D eigenvalue weighted by atomic mass is 19.1. The van der Waals surface area contributed by atoms with Crippen LogP contribution in [0.5, 0.6) is 0 Å². The normalized spacial score (nSPS) is 23.0. The van der Waals surface area contributed by atoms with Gasteiger partial charge < -0.3 is 10.6 Å². The highest BCUT2D eigenvalue weighted by molar-refractivity contribution is 5.94. The Morgan fingerprint density at radius 2 is 1.96 bits per heavy atom. The van der Waals surface area contributed by atoms with E-state index >= 15 is 0 Å². The van der Waals surface area contributed by atoms with E-state index in [1.165, 1.54) is 31.0 Å². The molecule has 1 aliphatic carbocycles. The summed E-state index contributed by atoms with van der Waals surface area (Å²) in [7, 11) is 0. The van der Waals surface area contributed by atoms with E-state index in [9.17, 15) is 14.0 Å². The van der Waals surface area contributed by atoms with E-state index in [1.54, 1.807) is 6.07 Å². The molecule has 6 nitrogen and oxygen atoms in total. The molecule has 1 aromatic rings. The van der Waals surface area contributed by atoms with Crippen LogP contribution >= 0.6 is 0 Å². The molecular weight excluding hydrogens is 311 g/mol. The monoisotopic (exact) mass is 334 g/mol. The number of rotatable bonds is 7. The quantitative estimate of drug-likeness (QED) is 0.592. The molecule has 130 valence electrons. The van der Waals surface area contributed by atoms with Gasteiger partial charge in [-0.05, 0) is 37.3 Å². The van der Waals surface area contributed by atoms with Crippen molar-refractivity contribution in [2.75, 3.05) is 13.1 Å². The summed E-state index contributed by atoms with van der Waals surface area (Å²) in [5.41, 5.74) is 6.48. The van der Waals surface area contributed by atoms with Crippen LogP contribution in [0, 0.1) is 11.7 Å². The fourth-order valence-electron chi connectivity index (χ4n) is 2.95. The molecule has 2 atom stereocenters. The molecule has 2 amide bonds. The lowest BCUT2D eigenvalue weighted by atomic mass is 10.1. The third-order valence-electron chi connectivity index (χ3n) is 4.50. The number of halogens is 1. The van der Waals surface area contributed by atoms with Crippen molar-refractivity contribution in [3.05, 3.63) is 35.6 Å². The molecule has 2 aliphatic rings. The maximum atomic E-state index is 13.5. The van der Waals surface area contributed by atoms with Gasteiger partial charge in [0.15, 0.2) is 0 Å². The smallest absolute Gasteiger partial charge is 0.254 e. The third kappa shape index (κ3) is 4.52. The predicted molar refractivity (Wildman–Crippen MR) is 87.5 cm³/mol. The first-order chi connectivity index (χ1) is 11.6. The Bertz CT molecular complexity index is 606. The molecule has 1 saturated heterocycles. The number of amides is 2. The second-order valence-corrected chi connectivity index (χ2v) is 6.46. The first-order valence-corrected chi connectivity index (χ1v) is 8.44. The van der Waals surface area contributed by atoms with Crippen LogP contribution in [0.15, 0.2) is 24.3 Å². The predicted octanol–water partition coefficient (Wildman–Crippen LogP) is 0.707. The maximum Gasteiger partial charge on any atom is 0.254 e. The van der Waals surface area contributed by atoms with Crippen LogP contribution in [-0.4, -0.2) is 37.0 Å². The SMILES string of the molecule is O=C(CCNC(=O)c1ccccc1F)NCC1CC(C2CC2)NN1. The summed E-state index contributed by atoms with van der Waals surface area (Å²) in [5.74, 6) is -0.411. The highest BCUT2D eigenvalue weighted by Gasteiger charge is 2.36. The Morgan fingerprint density at radius 3 is 2.71 bits per heavy atom. The average molecular weight is 334 g/mol. The molecule has 2 unspecified atom stereocenters. The minimum absolute atomic E-state index is 0.00902. The van der Waals surface area contributed by atoms with Crippen LogP contribution < -0.4 is 21.5 Å². The molecular formula is C17H23FN4O2. The number of benzene rings is 1. The van der Waals surface area contributed by atoms with E-state index in [4.69, 9.17) is 0 Å². The maximum absolute atomic E-state index is 13.5. The lowest BCUT2D eigenvalue weighted by Gasteiger charge is -2.11. The van der Waals surface area contributed by atoms with Gasteiger partial charge in [0.1, 0.15) is 5.82 Å². The Balaban J connectivity index is 1.31. The molecule has 7 heteroatoms. The van der Waals surface area contributed by atoms with Crippen molar-refractivity contribution in [3.8, 4) is 0 Å². The summed E-state index contributed by atoms with van der Waals surface area (Å²) < 4.78 is 13.5. The lowest BCUT2D eigenvalue weighted by Crippen LogP contribution is -2.41. The van der Waals surface area contributed by atoms with Gasteiger partial charge in [0.25, 0.3) is 5.91 Å². The van der Waals surface area contributed by atoms with Gasteiger partial charge in [0, 0.05) is 31.6 Å². The van der Waals surface area contributed by atoms with Gasteiger partial charge in [-0.25, -0.2) is 4.39 Å². The molecule has 0 radical (unpaired) electrons. The third-order valence-corrected chi connectivity index (χ3v) is 4.50. The average Bonchev–Trinajstić information content (AvgIpc) is 3.32. The van der Waals surface area contributed by atoms with Crippen LogP contribution in [0.25, 0.3) is 0 Å². The van der Waals surface area contributed by atoms with Crippen molar-refractivity contribution in [2.24, 2.45) is 5.92 Å². The van der Waals surface area contributed by atoms with Gasteiger partial charge in [0.05, 0.1) is 5.56 Å². The van der Waals surface area contributed by atoms with Crippen LogP contribution in [0.2, 0.25) is 0 Å². The molecule has 1 aromatic carbocycles. The molecule has 0 bridgehead atoms. The number of hydrazine groups is 1. The number of carbonyl (C=O) groups excluding carboxylic acids is 2. The molecule has 0 spiro atoms. The largest absolute Gasteiger partial charge is 0.354 e. The van der Waals surface area contributed by atoms with E-state index in [1.807, 2.05) is 0 Å². The number of hydrogen-bond donors (Lipinski definition) is 4. The number of nitrogens with one attached hydrogen (secondary N) is 4. The van der Waals surface area contributed by atoms with Crippen molar-refractivity contribution >= 4 is 11.8 Å². The molecule has 1 saturated carbocycles. The van der Waals surface area contributed by atoms with Gasteiger partial charge in [-0.15, -0.1) is 0 Å². The molecule has 2 fully saturated rings. The van der Waals surface area contributed by atoms with Crippen LogP contribution in [0.4, 0.5) is 4.39 Å². The van der Waals surface area contributed by atoms with E-state index in [0.717, 1.165) is 12.3 Å². The van der Waals surface area contributed by atoms with E-state index in [-0.39, 0.29) is 30.5 Å². The standard InChI is InChI=1S/C17H23FN4O2/c18-14-4-2-1-3-13(14)17(24)19-8-7-16(23)20-10-12-9-15(22-21-12)11-5-6-11/h1-4,11-12,15,21-22H,5-10H2,(H,19,24)(H,20,23). The topological polar surface area (TPSA) is 82.3 Å². The van der Waals surface area contributed by atoms with Gasteiger partial charge in [0.2, 0.25) is 5.91 Å². The van der Waals surface area contributed by atoms with Crippen LogP contribution in [0.1, 0.15) is 36.0 Å². The van der Waals surface area contributed by atoms with Crippen molar-refractivity contribution < 1.29 is 14.0 Å². The fraction of sp³-hybridized carbons (Fsp3) is 0.529. The summed E-state index contributed by atoms with van der Waals surface area (Å²) in [6.45, 7) is 0.746. The summed E-state index contributed by atoms with van der Waals surface area (Å²) >= 11 is 0. The summed E-state index contributed by atoms with van der Waals surface area (Å²) in [5, 5.41) is 5.42. The molecule has 24 heavy (non-hydrogen) atoms.